The molecule has 0 saturated carbocycles. The monoisotopic (exact) mass is 365 g/mol. The van der Waals surface area contributed by atoms with Crippen molar-refractivity contribution >= 4 is 16.9 Å². The van der Waals surface area contributed by atoms with E-state index in [0.29, 0.717) is 12.1 Å². The molecule has 1 atom stereocenters. The Bertz CT molecular complexity index is 996. The number of nitrogens with zero attached hydrogens (tertiary/aromatic N) is 2. The number of carbonyl (C=O) groups excluding carboxylic acids is 1. The Hall–Kier alpha value is -3.02. The first-order valence-corrected chi connectivity index (χ1v) is 9.06. The smallest absolute Gasteiger partial charge is 0.253 e. The molecule has 1 aliphatic heterocycles. The fraction of sp³-hybridized carbons (Fsp3) is 0.333. The minimum absolute atomic E-state index is 0.0496. The van der Waals surface area contributed by atoms with Gasteiger partial charge in [0.2, 0.25) is 0 Å². The van der Waals surface area contributed by atoms with Crippen molar-refractivity contribution in [3.63, 3.8) is 0 Å². The average Bonchev–Trinajstić information content (AvgIpc) is 3.32. The molecule has 27 heavy (non-hydrogen) atoms. The quantitative estimate of drug-likeness (QED) is 0.768. The maximum atomic E-state index is 13.0. The number of methoxy groups -OCH3 is 2. The van der Waals surface area contributed by atoms with Gasteiger partial charge < -0.3 is 19.4 Å². The van der Waals surface area contributed by atoms with Gasteiger partial charge in [0.1, 0.15) is 17.3 Å². The highest BCUT2D eigenvalue weighted by molar-refractivity contribution is 5.97. The summed E-state index contributed by atoms with van der Waals surface area (Å²) >= 11 is 0. The van der Waals surface area contributed by atoms with E-state index in [1.807, 2.05) is 48.2 Å². The Labute approximate surface area is 158 Å². The molecule has 0 unspecified atom stereocenters. The van der Waals surface area contributed by atoms with Crippen LogP contribution in [0.15, 0.2) is 36.4 Å². The van der Waals surface area contributed by atoms with Crippen LogP contribution in [0.2, 0.25) is 0 Å². The number of rotatable bonds is 4. The molecule has 2 aromatic carbocycles. The number of aromatic amines is 1. The van der Waals surface area contributed by atoms with Gasteiger partial charge in [-0.1, -0.05) is 0 Å². The van der Waals surface area contributed by atoms with Crippen LogP contribution < -0.4 is 9.47 Å². The highest BCUT2D eigenvalue weighted by atomic mass is 16.5. The number of aromatic nitrogens is 2. The van der Waals surface area contributed by atoms with Gasteiger partial charge >= 0.3 is 0 Å². The number of fused-ring (bicyclic) bond motifs is 1. The molecule has 1 saturated heterocycles. The van der Waals surface area contributed by atoms with Gasteiger partial charge in [-0.25, -0.2) is 4.98 Å². The molecule has 1 aromatic heterocycles. The lowest BCUT2D eigenvalue weighted by molar-refractivity contribution is 0.0791. The fourth-order valence-corrected chi connectivity index (χ4v) is 3.81. The summed E-state index contributed by atoms with van der Waals surface area (Å²) in [6, 6.07) is 11.5. The summed E-state index contributed by atoms with van der Waals surface area (Å²) in [6.45, 7) is 3.31. The summed E-state index contributed by atoms with van der Waals surface area (Å²) in [5, 5.41) is 0. The topological polar surface area (TPSA) is 67.5 Å². The first-order chi connectivity index (χ1) is 13.1. The molecule has 3 aromatic rings. The van der Waals surface area contributed by atoms with Crippen LogP contribution in [0.25, 0.3) is 11.0 Å². The maximum Gasteiger partial charge on any atom is 0.253 e. The highest BCUT2D eigenvalue weighted by Gasteiger charge is 2.30. The van der Waals surface area contributed by atoms with Crippen molar-refractivity contribution in [1.29, 1.82) is 0 Å². The molecule has 0 bridgehead atoms. The van der Waals surface area contributed by atoms with Crippen molar-refractivity contribution in [2.24, 2.45) is 0 Å². The number of hydrogen-bond acceptors (Lipinski definition) is 4. The number of carbonyl (C=O) groups is 1. The standard InChI is InChI=1S/C21H23N3O3/c1-13-22-18-6-4-14(10-19(18)23-13)21(25)24-9-8-15(12-24)17-11-16(26-2)5-7-20(17)27-3/h4-7,10-11,15H,8-9,12H2,1-3H3,(H,22,23)/t15-/m0/s1. The number of ether oxygens (including phenoxy) is 2. The summed E-state index contributed by atoms with van der Waals surface area (Å²) in [5.41, 5.74) is 3.55. The van der Waals surface area contributed by atoms with Crippen LogP contribution in [-0.4, -0.2) is 48.1 Å². The molecule has 1 aliphatic rings. The van der Waals surface area contributed by atoms with E-state index < -0.39 is 0 Å². The van der Waals surface area contributed by atoms with Gasteiger partial charge in [0.05, 0.1) is 25.3 Å². The molecule has 0 radical (unpaired) electrons. The normalized spacial score (nSPS) is 16.7. The largest absolute Gasteiger partial charge is 0.497 e. The third-order valence-electron chi connectivity index (χ3n) is 5.20. The molecule has 1 amide bonds. The lowest BCUT2D eigenvalue weighted by Gasteiger charge is -2.18. The molecule has 0 spiro atoms. The van der Waals surface area contributed by atoms with E-state index in [1.54, 1.807) is 14.2 Å². The van der Waals surface area contributed by atoms with E-state index in [1.165, 1.54) is 0 Å². The molecule has 6 nitrogen and oxygen atoms in total. The Kier molecular flexibility index (Phi) is 4.48. The zero-order valence-electron chi connectivity index (χ0n) is 15.8. The average molecular weight is 365 g/mol. The van der Waals surface area contributed by atoms with Crippen molar-refractivity contribution in [1.82, 2.24) is 14.9 Å². The molecule has 140 valence electrons. The minimum atomic E-state index is 0.0496. The van der Waals surface area contributed by atoms with Crippen LogP contribution in [0.5, 0.6) is 11.5 Å². The van der Waals surface area contributed by atoms with Crippen molar-refractivity contribution in [2.45, 2.75) is 19.3 Å². The van der Waals surface area contributed by atoms with Crippen LogP contribution in [0.3, 0.4) is 0 Å². The molecule has 1 N–H and O–H groups in total. The summed E-state index contributed by atoms with van der Waals surface area (Å²) in [7, 11) is 3.33. The predicted octanol–water partition coefficient (Wildman–Crippen LogP) is 3.52. The van der Waals surface area contributed by atoms with E-state index >= 15 is 0 Å². The van der Waals surface area contributed by atoms with Gasteiger partial charge in [-0.15, -0.1) is 0 Å². The van der Waals surface area contributed by atoms with Crippen LogP contribution in [0.1, 0.15) is 34.1 Å². The van der Waals surface area contributed by atoms with Gasteiger partial charge in [-0.05, 0) is 49.7 Å². The number of H-pyrrole nitrogens is 1. The zero-order chi connectivity index (χ0) is 19.0. The molecule has 4 rings (SSSR count). The van der Waals surface area contributed by atoms with E-state index in [9.17, 15) is 4.79 Å². The predicted molar refractivity (Wildman–Crippen MR) is 104 cm³/mol. The van der Waals surface area contributed by atoms with Gasteiger partial charge in [0.25, 0.3) is 5.91 Å². The zero-order valence-corrected chi connectivity index (χ0v) is 15.8. The van der Waals surface area contributed by atoms with Crippen molar-refractivity contribution in [3.8, 4) is 11.5 Å². The Balaban J connectivity index is 1.55. The Morgan fingerprint density at radius 3 is 2.81 bits per heavy atom. The summed E-state index contributed by atoms with van der Waals surface area (Å²) in [5.74, 6) is 2.77. The first-order valence-electron chi connectivity index (χ1n) is 9.06. The van der Waals surface area contributed by atoms with Gasteiger partial charge in [-0.3, -0.25) is 4.79 Å². The van der Waals surface area contributed by atoms with Crippen LogP contribution in [-0.2, 0) is 0 Å². The van der Waals surface area contributed by atoms with E-state index in [0.717, 1.165) is 46.9 Å². The second-order valence-corrected chi connectivity index (χ2v) is 6.90. The molecule has 2 heterocycles. The van der Waals surface area contributed by atoms with Gasteiger partial charge in [0.15, 0.2) is 0 Å². The molecule has 1 fully saturated rings. The maximum absolute atomic E-state index is 13.0. The van der Waals surface area contributed by atoms with Crippen LogP contribution in [0.4, 0.5) is 0 Å². The van der Waals surface area contributed by atoms with Gasteiger partial charge in [0, 0.05) is 30.1 Å². The molecular formula is C21H23N3O3. The van der Waals surface area contributed by atoms with E-state index in [2.05, 4.69) is 9.97 Å². The second kappa shape index (κ2) is 6.95. The van der Waals surface area contributed by atoms with Crippen molar-refractivity contribution < 1.29 is 14.3 Å². The highest BCUT2D eigenvalue weighted by Crippen LogP contribution is 2.36. The number of amides is 1. The number of hydrogen-bond donors (Lipinski definition) is 1. The summed E-state index contributed by atoms with van der Waals surface area (Å²) in [6.07, 6.45) is 0.903. The first kappa shape index (κ1) is 17.4. The molecule has 6 heteroatoms. The number of imidazole rings is 1. The number of benzene rings is 2. The Morgan fingerprint density at radius 2 is 2.04 bits per heavy atom. The number of nitrogens with one attached hydrogen (secondary N) is 1. The van der Waals surface area contributed by atoms with Crippen LogP contribution >= 0.6 is 0 Å². The van der Waals surface area contributed by atoms with Crippen molar-refractivity contribution in [2.75, 3.05) is 27.3 Å². The second-order valence-electron chi connectivity index (χ2n) is 6.90. The number of aryl methyl sites for hydroxylation is 1. The Morgan fingerprint density at radius 1 is 1.19 bits per heavy atom. The summed E-state index contributed by atoms with van der Waals surface area (Å²) < 4.78 is 10.9. The van der Waals surface area contributed by atoms with Crippen LogP contribution in [0, 0.1) is 6.92 Å². The molecular weight excluding hydrogens is 342 g/mol. The van der Waals surface area contributed by atoms with Gasteiger partial charge in [-0.2, -0.15) is 0 Å². The SMILES string of the molecule is COc1ccc(OC)c([C@H]2CCN(C(=O)c3ccc4nc(C)[nH]c4c3)C2)c1. The van der Waals surface area contributed by atoms with E-state index in [-0.39, 0.29) is 11.8 Å². The summed E-state index contributed by atoms with van der Waals surface area (Å²) in [4.78, 5) is 22.5. The van der Waals surface area contributed by atoms with Crippen molar-refractivity contribution in [3.05, 3.63) is 53.3 Å². The third-order valence-corrected chi connectivity index (χ3v) is 5.20. The molecule has 0 aliphatic carbocycles. The van der Waals surface area contributed by atoms with E-state index in [4.69, 9.17) is 9.47 Å². The lowest BCUT2D eigenvalue weighted by Crippen LogP contribution is -2.28. The fourth-order valence-electron chi connectivity index (χ4n) is 3.81. The minimum Gasteiger partial charge on any atom is -0.497 e. The third kappa shape index (κ3) is 3.23. The number of likely N-dealkylation sites (tertiary alicyclic amines) is 1. The lowest BCUT2D eigenvalue weighted by atomic mass is 9.97.